The highest BCUT2D eigenvalue weighted by atomic mass is 19.1. The Hall–Kier alpha value is -3.29. The number of morpholine rings is 1. The third-order valence-electron chi connectivity index (χ3n) is 5.73. The first-order chi connectivity index (χ1) is 15.1. The molecule has 2 aromatic heterocycles. The summed E-state index contributed by atoms with van der Waals surface area (Å²) in [4.78, 5) is 9.11. The van der Waals surface area contributed by atoms with Crippen LogP contribution in [0.25, 0.3) is 16.7 Å². The predicted molar refractivity (Wildman–Crippen MR) is 120 cm³/mol. The first kappa shape index (κ1) is 19.7. The van der Waals surface area contributed by atoms with Gasteiger partial charge in [-0.05, 0) is 55.3 Å². The Balaban J connectivity index is 1.46. The molecule has 31 heavy (non-hydrogen) atoms. The highest BCUT2D eigenvalue weighted by molar-refractivity contribution is 5.78. The first-order valence-corrected chi connectivity index (χ1v) is 10.4. The van der Waals surface area contributed by atoms with Crippen molar-refractivity contribution in [1.29, 1.82) is 0 Å². The van der Waals surface area contributed by atoms with Crippen molar-refractivity contribution in [1.82, 2.24) is 19.9 Å². The summed E-state index contributed by atoms with van der Waals surface area (Å²) in [5, 5.41) is 7.39. The highest BCUT2D eigenvalue weighted by Gasteiger charge is 2.20. The molecule has 0 spiro atoms. The van der Waals surface area contributed by atoms with Crippen molar-refractivity contribution in [2.45, 2.75) is 20.0 Å². The maximum Gasteiger partial charge on any atom is 0.229 e. The molecule has 0 saturated carbocycles. The molecule has 0 bridgehead atoms. The van der Waals surface area contributed by atoms with E-state index in [1.165, 1.54) is 17.2 Å². The van der Waals surface area contributed by atoms with Gasteiger partial charge in [-0.1, -0.05) is 12.1 Å². The molecule has 1 aliphatic heterocycles. The zero-order valence-electron chi connectivity index (χ0n) is 17.5. The number of hydrogen-bond acceptors (Lipinski definition) is 5. The lowest BCUT2D eigenvalue weighted by atomic mass is 10.1. The van der Waals surface area contributed by atoms with Crippen LogP contribution in [0.1, 0.15) is 22.8 Å². The number of halogens is 1. The van der Waals surface area contributed by atoms with E-state index in [1.807, 2.05) is 29.0 Å². The molecule has 1 aliphatic rings. The number of rotatable bonds is 4. The molecule has 2 aromatic carbocycles. The molecule has 1 fully saturated rings. The van der Waals surface area contributed by atoms with Crippen LogP contribution in [-0.2, 0) is 4.74 Å². The van der Waals surface area contributed by atoms with E-state index in [-0.39, 0.29) is 11.9 Å². The van der Waals surface area contributed by atoms with Gasteiger partial charge in [0.25, 0.3) is 0 Å². The van der Waals surface area contributed by atoms with Gasteiger partial charge in [-0.15, -0.1) is 0 Å². The second kappa shape index (κ2) is 8.09. The van der Waals surface area contributed by atoms with Crippen molar-refractivity contribution >= 4 is 22.7 Å². The van der Waals surface area contributed by atoms with E-state index in [0.29, 0.717) is 36.0 Å². The Bertz CT molecular complexity index is 1250. The lowest BCUT2D eigenvalue weighted by Crippen LogP contribution is -2.33. The summed E-state index contributed by atoms with van der Waals surface area (Å²) in [7, 11) is 0. The molecule has 1 atom stereocenters. The lowest BCUT2D eigenvalue weighted by molar-refractivity contribution is 0.0255. The quantitative estimate of drug-likeness (QED) is 0.509. The summed E-state index contributed by atoms with van der Waals surface area (Å²) in [6, 6.07) is 13.3. The number of anilines is 2. The van der Waals surface area contributed by atoms with E-state index < -0.39 is 0 Å². The van der Waals surface area contributed by atoms with Gasteiger partial charge in [0, 0.05) is 47.8 Å². The van der Waals surface area contributed by atoms with E-state index in [0.717, 1.165) is 17.6 Å². The van der Waals surface area contributed by atoms with Gasteiger partial charge in [0.2, 0.25) is 5.95 Å². The number of hydrogen-bond donors (Lipinski definition) is 2. The van der Waals surface area contributed by atoms with Crippen LogP contribution >= 0.6 is 0 Å². The average Bonchev–Trinajstić information content (AvgIpc) is 3.20. The van der Waals surface area contributed by atoms with Crippen molar-refractivity contribution in [2.75, 3.05) is 25.0 Å². The Labute approximate surface area is 180 Å². The van der Waals surface area contributed by atoms with E-state index in [1.54, 1.807) is 12.3 Å². The molecule has 158 valence electrons. The molecule has 5 rings (SSSR count). The molecule has 4 aromatic rings. The van der Waals surface area contributed by atoms with Crippen molar-refractivity contribution in [3.05, 3.63) is 77.4 Å². The summed E-state index contributed by atoms with van der Waals surface area (Å²) in [6.07, 6.45) is 3.39. The van der Waals surface area contributed by atoms with E-state index >= 15 is 0 Å². The maximum atomic E-state index is 14.9. The van der Waals surface area contributed by atoms with Gasteiger partial charge in [-0.3, -0.25) is 0 Å². The van der Waals surface area contributed by atoms with Crippen molar-refractivity contribution in [3.8, 4) is 5.69 Å². The summed E-state index contributed by atoms with van der Waals surface area (Å²) in [5.74, 6) is 0.213. The molecule has 0 aliphatic carbocycles. The second-order valence-electron chi connectivity index (χ2n) is 7.85. The minimum atomic E-state index is -0.282. The van der Waals surface area contributed by atoms with E-state index in [4.69, 9.17) is 4.74 Å². The SMILES string of the molecule is Cc1ccc(Nc2ncc3ccn(-c4ccc(C5CNCCO5)c(F)c4)c3n2)cc1C. The Morgan fingerprint density at radius 2 is 2.03 bits per heavy atom. The summed E-state index contributed by atoms with van der Waals surface area (Å²) in [6.45, 7) is 6.15. The lowest BCUT2D eigenvalue weighted by Gasteiger charge is -2.24. The Kier molecular flexibility index (Phi) is 5.13. The molecule has 1 saturated heterocycles. The fourth-order valence-corrected chi connectivity index (χ4v) is 3.83. The van der Waals surface area contributed by atoms with Crippen molar-refractivity contribution in [2.24, 2.45) is 0 Å². The van der Waals surface area contributed by atoms with Gasteiger partial charge >= 0.3 is 0 Å². The molecule has 1 unspecified atom stereocenters. The van der Waals surface area contributed by atoms with Gasteiger partial charge < -0.3 is 19.9 Å². The van der Waals surface area contributed by atoms with Gasteiger partial charge in [0.15, 0.2) is 0 Å². The van der Waals surface area contributed by atoms with Gasteiger partial charge in [0.1, 0.15) is 11.5 Å². The van der Waals surface area contributed by atoms with Crippen LogP contribution in [-0.4, -0.2) is 34.2 Å². The van der Waals surface area contributed by atoms with Crippen LogP contribution in [0.3, 0.4) is 0 Å². The third kappa shape index (κ3) is 3.89. The molecule has 0 radical (unpaired) electrons. The number of aryl methyl sites for hydroxylation is 2. The summed E-state index contributed by atoms with van der Waals surface area (Å²) < 4.78 is 22.5. The molecular formula is C24H24FN5O. The van der Waals surface area contributed by atoms with Gasteiger partial charge in [0.05, 0.1) is 12.7 Å². The standard InChI is InChI=1S/C24H24FN5O/c1-15-3-4-18(11-16(15)2)28-24-27-13-17-7-9-30(23(17)29-24)19-5-6-20(21(25)12-19)22-14-26-8-10-31-22/h3-7,9,11-13,22,26H,8,10,14H2,1-2H3,(H,27,28,29). The normalized spacial score (nSPS) is 16.5. The minimum absolute atomic E-state index is 0.264. The largest absolute Gasteiger partial charge is 0.371 e. The predicted octanol–water partition coefficient (Wildman–Crippen LogP) is 4.58. The number of nitrogens with one attached hydrogen (secondary N) is 2. The number of nitrogens with zero attached hydrogens (tertiary/aromatic N) is 3. The molecule has 0 amide bonds. The number of aromatic nitrogens is 3. The Morgan fingerprint density at radius 3 is 2.81 bits per heavy atom. The monoisotopic (exact) mass is 417 g/mol. The van der Waals surface area contributed by atoms with Crippen LogP contribution in [0.2, 0.25) is 0 Å². The van der Waals surface area contributed by atoms with Gasteiger partial charge in [-0.2, -0.15) is 4.98 Å². The van der Waals surface area contributed by atoms with Gasteiger partial charge in [-0.25, -0.2) is 9.37 Å². The molecule has 6 nitrogen and oxygen atoms in total. The van der Waals surface area contributed by atoms with Crippen LogP contribution in [0, 0.1) is 19.7 Å². The van der Waals surface area contributed by atoms with Crippen LogP contribution in [0.5, 0.6) is 0 Å². The summed E-state index contributed by atoms with van der Waals surface area (Å²) in [5.41, 5.74) is 5.34. The fraction of sp³-hybridized carbons (Fsp3) is 0.250. The number of benzene rings is 2. The number of ether oxygens (including phenoxy) is 1. The number of fused-ring (bicyclic) bond motifs is 1. The van der Waals surface area contributed by atoms with Crippen molar-refractivity contribution in [3.63, 3.8) is 0 Å². The van der Waals surface area contributed by atoms with Crippen molar-refractivity contribution < 1.29 is 9.13 Å². The highest BCUT2D eigenvalue weighted by Crippen LogP contribution is 2.26. The molecule has 2 N–H and O–H groups in total. The first-order valence-electron chi connectivity index (χ1n) is 10.4. The van der Waals surface area contributed by atoms with E-state index in [2.05, 4.69) is 46.6 Å². The molecule has 7 heteroatoms. The van der Waals surface area contributed by atoms with Crippen LogP contribution in [0.4, 0.5) is 16.0 Å². The summed E-state index contributed by atoms with van der Waals surface area (Å²) >= 11 is 0. The molecule has 3 heterocycles. The van der Waals surface area contributed by atoms with Crippen LogP contribution in [0.15, 0.2) is 54.9 Å². The minimum Gasteiger partial charge on any atom is -0.371 e. The maximum absolute atomic E-state index is 14.9. The third-order valence-corrected chi connectivity index (χ3v) is 5.73. The topological polar surface area (TPSA) is 64.0 Å². The fourth-order valence-electron chi connectivity index (χ4n) is 3.83. The van der Waals surface area contributed by atoms with E-state index in [9.17, 15) is 4.39 Å². The average molecular weight is 417 g/mol. The zero-order chi connectivity index (χ0) is 21.4. The zero-order valence-corrected chi connectivity index (χ0v) is 17.5. The van der Waals surface area contributed by atoms with Crippen LogP contribution < -0.4 is 10.6 Å². The Morgan fingerprint density at radius 1 is 1.13 bits per heavy atom. The smallest absolute Gasteiger partial charge is 0.229 e. The second-order valence-corrected chi connectivity index (χ2v) is 7.85. The molecular weight excluding hydrogens is 393 g/mol.